The van der Waals surface area contributed by atoms with Crippen molar-refractivity contribution >= 4 is 5.91 Å². The molecular formula is C16H21F3N2O. The molecule has 1 fully saturated rings. The van der Waals surface area contributed by atoms with E-state index in [0.717, 1.165) is 11.3 Å². The monoisotopic (exact) mass is 314 g/mol. The van der Waals surface area contributed by atoms with Gasteiger partial charge in [-0.05, 0) is 30.9 Å². The van der Waals surface area contributed by atoms with Crippen LogP contribution in [0.1, 0.15) is 31.2 Å². The van der Waals surface area contributed by atoms with E-state index >= 15 is 0 Å². The summed E-state index contributed by atoms with van der Waals surface area (Å²) in [4.78, 5) is 12.8. The molecule has 1 saturated heterocycles. The molecule has 0 aliphatic carbocycles. The normalized spacial score (nSPS) is 20.5. The molecule has 22 heavy (non-hydrogen) atoms. The largest absolute Gasteiger partial charge is 0.406 e. The van der Waals surface area contributed by atoms with Crippen molar-refractivity contribution in [2.24, 2.45) is 0 Å². The van der Waals surface area contributed by atoms with Crippen LogP contribution in [0.5, 0.6) is 0 Å². The summed E-state index contributed by atoms with van der Waals surface area (Å²) < 4.78 is 37.0. The van der Waals surface area contributed by atoms with Gasteiger partial charge in [0.25, 0.3) is 0 Å². The third-order valence-corrected chi connectivity index (χ3v) is 4.00. The SMILES string of the molecule is CC(CCNC1CCN(CC(F)(F)F)C1=O)c1ccccc1. The Kier molecular flexibility index (Phi) is 5.45. The average molecular weight is 314 g/mol. The van der Waals surface area contributed by atoms with Crippen molar-refractivity contribution in [2.75, 3.05) is 19.6 Å². The van der Waals surface area contributed by atoms with Gasteiger partial charge in [0.05, 0.1) is 6.04 Å². The highest BCUT2D eigenvalue weighted by atomic mass is 19.4. The molecule has 2 unspecified atom stereocenters. The molecule has 1 aromatic rings. The zero-order valence-corrected chi connectivity index (χ0v) is 12.6. The minimum atomic E-state index is -4.33. The Bertz CT molecular complexity index is 490. The van der Waals surface area contributed by atoms with Gasteiger partial charge in [-0.1, -0.05) is 37.3 Å². The number of rotatable bonds is 6. The van der Waals surface area contributed by atoms with Crippen LogP contribution in [-0.2, 0) is 4.79 Å². The summed E-state index contributed by atoms with van der Waals surface area (Å²) in [6.45, 7) is 1.74. The summed E-state index contributed by atoms with van der Waals surface area (Å²) in [6.07, 6.45) is -3.05. The topological polar surface area (TPSA) is 32.3 Å². The van der Waals surface area contributed by atoms with Crippen LogP contribution in [0.4, 0.5) is 13.2 Å². The second kappa shape index (κ2) is 7.13. The summed E-state index contributed by atoms with van der Waals surface area (Å²) in [5.41, 5.74) is 1.22. The molecule has 6 heteroatoms. The van der Waals surface area contributed by atoms with E-state index in [1.807, 2.05) is 18.2 Å². The smallest absolute Gasteiger partial charge is 0.332 e. The molecular weight excluding hydrogens is 293 g/mol. The van der Waals surface area contributed by atoms with Gasteiger partial charge in [-0.3, -0.25) is 4.79 Å². The van der Waals surface area contributed by atoms with E-state index in [2.05, 4.69) is 24.4 Å². The molecule has 3 nitrogen and oxygen atoms in total. The first-order chi connectivity index (χ1) is 10.4. The molecule has 2 rings (SSSR count). The lowest BCUT2D eigenvalue weighted by Crippen LogP contribution is -2.42. The second-order valence-electron chi connectivity index (χ2n) is 5.77. The summed E-state index contributed by atoms with van der Waals surface area (Å²) in [6, 6.07) is 9.54. The summed E-state index contributed by atoms with van der Waals surface area (Å²) in [5, 5.41) is 3.09. The average Bonchev–Trinajstić information content (AvgIpc) is 2.79. The standard InChI is InChI=1S/C16H21F3N2O/c1-12(13-5-3-2-4-6-13)7-9-20-14-8-10-21(15(14)22)11-16(17,18)19/h2-6,12,14,20H,7-11H2,1H3. The highest BCUT2D eigenvalue weighted by Gasteiger charge is 2.38. The number of amides is 1. The van der Waals surface area contributed by atoms with Gasteiger partial charge in [0.1, 0.15) is 6.54 Å². The molecule has 1 aliphatic rings. The number of nitrogens with zero attached hydrogens (tertiary/aromatic N) is 1. The molecule has 1 heterocycles. The lowest BCUT2D eigenvalue weighted by molar-refractivity contribution is -0.158. The molecule has 1 amide bonds. The fourth-order valence-electron chi connectivity index (χ4n) is 2.72. The van der Waals surface area contributed by atoms with Crippen LogP contribution < -0.4 is 5.32 Å². The molecule has 1 aliphatic heterocycles. The van der Waals surface area contributed by atoms with Crippen molar-refractivity contribution in [3.63, 3.8) is 0 Å². The molecule has 1 aromatic carbocycles. The Hall–Kier alpha value is -1.56. The second-order valence-corrected chi connectivity index (χ2v) is 5.77. The number of hydrogen-bond donors (Lipinski definition) is 1. The Morgan fingerprint density at radius 1 is 1.32 bits per heavy atom. The number of benzene rings is 1. The first-order valence-electron chi connectivity index (χ1n) is 7.50. The zero-order chi connectivity index (χ0) is 16.2. The van der Waals surface area contributed by atoms with Crippen molar-refractivity contribution in [3.8, 4) is 0 Å². The minimum absolute atomic E-state index is 0.171. The Morgan fingerprint density at radius 3 is 2.64 bits per heavy atom. The molecule has 0 aromatic heterocycles. The maximum absolute atomic E-state index is 12.3. The van der Waals surface area contributed by atoms with E-state index in [1.54, 1.807) is 0 Å². The van der Waals surface area contributed by atoms with Crippen LogP contribution in [0.2, 0.25) is 0 Å². The van der Waals surface area contributed by atoms with Gasteiger partial charge in [0, 0.05) is 6.54 Å². The maximum Gasteiger partial charge on any atom is 0.406 e. The van der Waals surface area contributed by atoms with Gasteiger partial charge in [0.15, 0.2) is 0 Å². The van der Waals surface area contributed by atoms with Gasteiger partial charge in [-0.15, -0.1) is 0 Å². The first-order valence-corrected chi connectivity index (χ1v) is 7.50. The summed E-state index contributed by atoms with van der Waals surface area (Å²) in [7, 11) is 0. The van der Waals surface area contributed by atoms with Gasteiger partial charge in [-0.2, -0.15) is 13.2 Å². The fraction of sp³-hybridized carbons (Fsp3) is 0.562. The van der Waals surface area contributed by atoms with Crippen molar-refractivity contribution < 1.29 is 18.0 Å². The quantitative estimate of drug-likeness (QED) is 0.875. The Balaban J connectivity index is 1.75. The summed E-state index contributed by atoms with van der Waals surface area (Å²) >= 11 is 0. The van der Waals surface area contributed by atoms with Crippen molar-refractivity contribution in [1.82, 2.24) is 10.2 Å². The van der Waals surface area contributed by atoms with Crippen LogP contribution in [0.3, 0.4) is 0 Å². The maximum atomic E-state index is 12.3. The van der Waals surface area contributed by atoms with Gasteiger partial charge >= 0.3 is 6.18 Å². The molecule has 122 valence electrons. The van der Waals surface area contributed by atoms with Gasteiger partial charge < -0.3 is 10.2 Å². The minimum Gasteiger partial charge on any atom is -0.332 e. The third kappa shape index (κ3) is 4.73. The van der Waals surface area contributed by atoms with Crippen LogP contribution >= 0.6 is 0 Å². The molecule has 2 atom stereocenters. The van der Waals surface area contributed by atoms with E-state index in [0.29, 0.717) is 18.9 Å². The number of nitrogens with one attached hydrogen (secondary N) is 1. The lowest BCUT2D eigenvalue weighted by Gasteiger charge is -2.19. The number of hydrogen-bond acceptors (Lipinski definition) is 2. The van der Waals surface area contributed by atoms with E-state index in [1.165, 1.54) is 5.56 Å². The van der Waals surface area contributed by atoms with Crippen molar-refractivity contribution in [1.29, 1.82) is 0 Å². The number of alkyl halides is 3. The number of carbonyl (C=O) groups excluding carboxylic acids is 1. The molecule has 0 bridgehead atoms. The van der Waals surface area contributed by atoms with Crippen LogP contribution in [0.15, 0.2) is 30.3 Å². The number of halogens is 3. The van der Waals surface area contributed by atoms with Crippen molar-refractivity contribution in [3.05, 3.63) is 35.9 Å². The van der Waals surface area contributed by atoms with E-state index < -0.39 is 24.7 Å². The zero-order valence-electron chi connectivity index (χ0n) is 12.6. The Labute approximate surface area is 128 Å². The van der Waals surface area contributed by atoms with Crippen LogP contribution in [0.25, 0.3) is 0 Å². The van der Waals surface area contributed by atoms with E-state index in [4.69, 9.17) is 0 Å². The first kappa shape index (κ1) is 16.8. The van der Waals surface area contributed by atoms with E-state index in [-0.39, 0.29) is 6.54 Å². The molecule has 1 N–H and O–H groups in total. The summed E-state index contributed by atoms with van der Waals surface area (Å²) in [5.74, 6) is -0.0961. The van der Waals surface area contributed by atoms with Crippen LogP contribution in [-0.4, -0.2) is 42.7 Å². The predicted octanol–water partition coefficient (Wildman–Crippen LogP) is 2.93. The predicted molar refractivity (Wildman–Crippen MR) is 78.5 cm³/mol. The molecule has 0 saturated carbocycles. The number of likely N-dealkylation sites (tertiary alicyclic amines) is 1. The molecule has 0 spiro atoms. The lowest BCUT2D eigenvalue weighted by atomic mass is 9.98. The third-order valence-electron chi connectivity index (χ3n) is 4.00. The van der Waals surface area contributed by atoms with Crippen LogP contribution in [0, 0.1) is 0 Å². The Morgan fingerprint density at radius 2 is 2.00 bits per heavy atom. The fourth-order valence-corrected chi connectivity index (χ4v) is 2.72. The van der Waals surface area contributed by atoms with Gasteiger partial charge in [-0.25, -0.2) is 0 Å². The number of carbonyl (C=O) groups is 1. The molecule has 0 radical (unpaired) electrons. The highest BCUT2D eigenvalue weighted by Crippen LogP contribution is 2.21. The highest BCUT2D eigenvalue weighted by molar-refractivity contribution is 5.84. The van der Waals surface area contributed by atoms with Gasteiger partial charge in [0.2, 0.25) is 5.91 Å². The van der Waals surface area contributed by atoms with Crippen molar-refractivity contribution in [2.45, 2.75) is 37.9 Å². The van der Waals surface area contributed by atoms with E-state index in [9.17, 15) is 18.0 Å².